The average molecular weight is 241 g/mol. The molecule has 90 valence electrons. The number of nitrogens with two attached hydrogens (primary N) is 1. The molecule has 0 aliphatic carbocycles. The minimum absolute atomic E-state index is 0.188. The van der Waals surface area contributed by atoms with Gasteiger partial charge in [0.05, 0.1) is 0 Å². The summed E-state index contributed by atoms with van der Waals surface area (Å²) < 4.78 is 0. The zero-order chi connectivity index (χ0) is 12.3. The summed E-state index contributed by atoms with van der Waals surface area (Å²) in [7, 11) is 4.07. The van der Waals surface area contributed by atoms with Crippen LogP contribution in [0, 0.1) is 0 Å². The van der Waals surface area contributed by atoms with Crippen molar-refractivity contribution in [3.63, 3.8) is 0 Å². The van der Waals surface area contributed by atoms with Crippen molar-refractivity contribution >= 4 is 11.6 Å². The maximum Gasteiger partial charge on any atom is 0.0453 e. The molecule has 0 bridgehead atoms. The van der Waals surface area contributed by atoms with Gasteiger partial charge in [-0.05, 0) is 51.6 Å². The van der Waals surface area contributed by atoms with Gasteiger partial charge in [-0.2, -0.15) is 0 Å². The largest absolute Gasteiger partial charge is 0.325 e. The summed E-state index contributed by atoms with van der Waals surface area (Å²) >= 11 is 6.23. The Balaban J connectivity index is 2.83. The number of benzene rings is 1. The highest BCUT2D eigenvalue weighted by molar-refractivity contribution is 6.31. The van der Waals surface area contributed by atoms with E-state index < -0.39 is 0 Å². The quantitative estimate of drug-likeness (QED) is 0.877. The first-order chi connectivity index (χ1) is 7.28. The molecule has 0 amide bonds. The molecule has 1 aromatic rings. The number of halogens is 1. The summed E-state index contributed by atoms with van der Waals surface area (Å²) in [6, 6.07) is 6.22. The van der Waals surface area contributed by atoms with Crippen LogP contribution in [0.2, 0.25) is 5.02 Å². The van der Waals surface area contributed by atoms with Crippen molar-refractivity contribution in [3.8, 4) is 0 Å². The second-order valence-electron chi connectivity index (χ2n) is 5.33. The van der Waals surface area contributed by atoms with E-state index in [1.807, 2.05) is 34.0 Å². The van der Waals surface area contributed by atoms with Crippen LogP contribution in [-0.2, 0) is 13.0 Å². The van der Waals surface area contributed by atoms with Crippen LogP contribution < -0.4 is 5.73 Å². The Morgan fingerprint density at radius 3 is 2.38 bits per heavy atom. The summed E-state index contributed by atoms with van der Waals surface area (Å²) in [6.45, 7) is 4.91. The molecular formula is C13H21ClN2. The predicted molar refractivity (Wildman–Crippen MR) is 70.8 cm³/mol. The Morgan fingerprint density at radius 1 is 1.31 bits per heavy atom. The molecule has 0 atom stereocenters. The van der Waals surface area contributed by atoms with Gasteiger partial charge in [-0.15, -0.1) is 0 Å². The van der Waals surface area contributed by atoms with Gasteiger partial charge in [0.15, 0.2) is 0 Å². The zero-order valence-electron chi connectivity index (χ0n) is 10.5. The molecule has 0 heterocycles. The Labute approximate surface area is 103 Å². The highest BCUT2D eigenvalue weighted by atomic mass is 35.5. The summed E-state index contributed by atoms with van der Waals surface area (Å²) in [5, 5.41) is 0.829. The summed E-state index contributed by atoms with van der Waals surface area (Å²) in [4.78, 5) is 2.10. The second kappa shape index (κ2) is 5.17. The number of rotatable bonds is 4. The van der Waals surface area contributed by atoms with Crippen LogP contribution in [0.4, 0.5) is 0 Å². The average Bonchev–Trinajstić information content (AvgIpc) is 2.06. The van der Waals surface area contributed by atoms with Crippen LogP contribution in [0.15, 0.2) is 18.2 Å². The normalized spacial score (nSPS) is 12.2. The fourth-order valence-corrected chi connectivity index (χ4v) is 1.96. The molecule has 3 heteroatoms. The number of nitrogens with zero attached hydrogens (tertiary/aromatic N) is 1. The third-order valence-corrected chi connectivity index (χ3v) is 2.62. The van der Waals surface area contributed by atoms with E-state index >= 15 is 0 Å². The van der Waals surface area contributed by atoms with Crippen molar-refractivity contribution < 1.29 is 0 Å². The summed E-state index contributed by atoms with van der Waals surface area (Å²) in [5.74, 6) is 0. The molecule has 1 rings (SSSR count). The maximum absolute atomic E-state index is 6.23. The van der Waals surface area contributed by atoms with Crippen molar-refractivity contribution in [1.29, 1.82) is 0 Å². The molecule has 0 saturated heterocycles. The van der Waals surface area contributed by atoms with Crippen LogP contribution in [0.25, 0.3) is 0 Å². The molecule has 1 aromatic carbocycles. The Hall–Kier alpha value is -0.570. The van der Waals surface area contributed by atoms with Gasteiger partial charge in [-0.1, -0.05) is 23.7 Å². The third kappa shape index (κ3) is 4.52. The minimum Gasteiger partial charge on any atom is -0.325 e. The number of hydrogen-bond donors (Lipinski definition) is 1. The first-order valence-corrected chi connectivity index (χ1v) is 5.86. The third-order valence-electron chi connectivity index (χ3n) is 2.26. The van der Waals surface area contributed by atoms with Gasteiger partial charge in [-0.25, -0.2) is 0 Å². The topological polar surface area (TPSA) is 29.3 Å². The van der Waals surface area contributed by atoms with E-state index in [1.54, 1.807) is 0 Å². The van der Waals surface area contributed by atoms with E-state index in [0.717, 1.165) is 23.6 Å². The van der Waals surface area contributed by atoms with E-state index in [4.69, 9.17) is 17.3 Å². The fourth-order valence-electron chi connectivity index (χ4n) is 1.70. The standard InChI is InChI=1S/C13H21ClN2/c1-13(2,15)8-10-5-6-11(9-16(3)4)12(14)7-10/h5-7H,8-9,15H2,1-4H3. The minimum atomic E-state index is -0.188. The van der Waals surface area contributed by atoms with Crippen LogP contribution in [-0.4, -0.2) is 24.5 Å². The monoisotopic (exact) mass is 240 g/mol. The molecular weight excluding hydrogens is 220 g/mol. The summed E-state index contributed by atoms with van der Waals surface area (Å²) in [6.07, 6.45) is 0.842. The van der Waals surface area contributed by atoms with Gasteiger partial charge in [0, 0.05) is 17.1 Å². The van der Waals surface area contributed by atoms with Crippen molar-refractivity contribution in [2.75, 3.05) is 14.1 Å². The lowest BCUT2D eigenvalue weighted by molar-refractivity contribution is 0.402. The van der Waals surface area contributed by atoms with E-state index in [2.05, 4.69) is 17.0 Å². The van der Waals surface area contributed by atoms with Gasteiger partial charge in [0.1, 0.15) is 0 Å². The zero-order valence-corrected chi connectivity index (χ0v) is 11.3. The molecule has 0 spiro atoms. The number of hydrogen-bond acceptors (Lipinski definition) is 2. The van der Waals surface area contributed by atoms with Crippen molar-refractivity contribution in [2.45, 2.75) is 32.4 Å². The molecule has 0 aliphatic rings. The molecule has 16 heavy (non-hydrogen) atoms. The Morgan fingerprint density at radius 2 is 1.94 bits per heavy atom. The van der Waals surface area contributed by atoms with Gasteiger partial charge in [0.25, 0.3) is 0 Å². The van der Waals surface area contributed by atoms with Crippen LogP contribution in [0.5, 0.6) is 0 Å². The lowest BCUT2D eigenvalue weighted by atomic mass is 9.95. The van der Waals surface area contributed by atoms with Crippen LogP contribution in [0.3, 0.4) is 0 Å². The van der Waals surface area contributed by atoms with Crippen LogP contribution in [0.1, 0.15) is 25.0 Å². The van der Waals surface area contributed by atoms with Gasteiger partial charge in [-0.3, -0.25) is 0 Å². The summed E-state index contributed by atoms with van der Waals surface area (Å²) in [5.41, 5.74) is 8.15. The Kier molecular flexibility index (Phi) is 4.36. The van der Waals surface area contributed by atoms with Gasteiger partial charge < -0.3 is 10.6 Å². The fraction of sp³-hybridized carbons (Fsp3) is 0.538. The van der Waals surface area contributed by atoms with E-state index in [9.17, 15) is 0 Å². The Bertz CT molecular complexity index is 353. The molecule has 0 unspecified atom stereocenters. The molecule has 0 saturated carbocycles. The molecule has 0 aromatic heterocycles. The lowest BCUT2D eigenvalue weighted by Crippen LogP contribution is -2.34. The molecule has 0 aliphatic heterocycles. The molecule has 0 fully saturated rings. The first kappa shape index (κ1) is 13.5. The van der Waals surface area contributed by atoms with Gasteiger partial charge >= 0.3 is 0 Å². The van der Waals surface area contributed by atoms with Gasteiger partial charge in [0.2, 0.25) is 0 Å². The SMILES string of the molecule is CN(C)Cc1ccc(CC(C)(C)N)cc1Cl. The van der Waals surface area contributed by atoms with Crippen molar-refractivity contribution in [3.05, 3.63) is 34.3 Å². The van der Waals surface area contributed by atoms with Crippen molar-refractivity contribution in [1.82, 2.24) is 4.90 Å². The van der Waals surface area contributed by atoms with Crippen LogP contribution >= 0.6 is 11.6 Å². The highest BCUT2D eigenvalue weighted by Gasteiger charge is 2.12. The van der Waals surface area contributed by atoms with Crippen molar-refractivity contribution in [2.24, 2.45) is 5.73 Å². The smallest absolute Gasteiger partial charge is 0.0453 e. The highest BCUT2D eigenvalue weighted by Crippen LogP contribution is 2.21. The molecule has 0 radical (unpaired) electrons. The predicted octanol–water partition coefficient (Wildman–Crippen LogP) is 2.68. The molecule has 2 nitrogen and oxygen atoms in total. The van der Waals surface area contributed by atoms with E-state index in [1.165, 1.54) is 5.56 Å². The van der Waals surface area contributed by atoms with E-state index in [0.29, 0.717) is 0 Å². The maximum atomic E-state index is 6.23. The second-order valence-corrected chi connectivity index (χ2v) is 5.74. The molecule has 2 N–H and O–H groups in total. The lowest BCUT2D eigenvalue weighted by Gasteiger charge is -2.19. The van der Waals surface area contributed by atoms with E-state index in [-0.39, 0.29) is 5.54 Å². The first-order valence-electron chi connectivity index (χ1n) is 5.49.